The molecule has 0 saturated carbocycles. The Hall–Kier alpha value is -2.83. The summed E-state index contributed by atoms with van der Waals surface area (Å²) in [6, 6.07) is 15.1. The normalized spacial score (nSPS) is 19.9. The average molecular weight is 657 g/mol. The van der Waals surface area contributed by atoms with E-state index in [-0.39, 0.29) is 36.1 Å². The molecule has 2 aliphatic rings. The lowest BCUT2D eigenvalue weighted by Gasteiger charge is -2.32. The van der Waals surface area contributed by atoms with Crippen molar-refractivity contribution < 1.29 is 31.1 Å². The third kappa shape index (κ3) is 7.12. The Balaban J connectivity index is 1.68. The van der Waals surface area contributed by atoms with E-state index in [9.17, 15) is 21.6 Å². The quantitative estimate of drug-likeness (QED) is 0.259. The summed E-state index contributed by atoms with van der Waals surface area (Å²) in [5.74, 6) is -0.358. The van der Waals surface area contributed by atoms with E-state index >= 15 is 0 Å². The Morgan fingerprint density at radius 2 is 1.56 bits per heavy atom. The van der Waals surface area contributed by atoms with Gasteiger partial charge in [0.1, 0.15) is 17.6 Å². The zero-order chi connectivity index (χ0) is 30.8. The van der Waals surface area contributed by atoms with E-state index in [0.717, 1.165) is 12.1 Å². The maximum Gasteiger partial charge on any atom is 0.416 e. The molecule has 2 unspecified atom stereocenters. The van der Waals surface area contributed by atoms with E-state index in [4.69, 9.17) is 37.7 Å². The minimum Gasteiger partial charge on any atom is -0.493 e. The van der Waals surface area contributed by atoms with Gasteiger partial charge in [-0.1, -0.05) is 47.5 Å². The van der Waals surface area contributed by atoms with Gasteiger partial charge in [-0.3, -0.25) is 9.89 Å². The molecular weight excluding hydrogens is 626 g/mol. The third-order valence-corrected chi connectivity index (χ3v) is 9.57. The summed E-state index contributed by atoms with van der Waals surface area (Å²) in [4.78, 5) is 6.91. The van der Waals surface area contributed by atoms with Crippen LogP contribution in [0, 0.1) is 0 Å². The SMILES string of the molecule is CCOc1cc(C(F)(F)F)ccc1C1=NC(c2ccc(Cl)cc2)C(c2ccc(Cl)cc2)N1S(=O)(=O)CCN1CCOCC1. The number of morpholine rings is 1. The van der Waals surface area contributed by atoms with Crippen LogP contribution in [0.1, 0.15) is 41.3 Å². The molecule has 3 aromatic rings. The highest BCUT2D eigenvalue weighted by atomic mass is 35.5. The lowest BCUT2D eigenvalue weighted by molar-refractivity contribution is -0.137. The first-order valence-electron chi connectivity index (χ1n) is 13.7. The maximum atomic E-state index is 14.4. The van der Waals surface area contributed by atoms with Crippen LogP contribution < -0.4 is 4.74 Å². The predicted octanol–water partition coefficient (Wildman–Crippen LogP) is 6.62. The number of sulfonamides is 1. The largest absolute Gasteiger partial charge is 0.493 e. The number of amidine groups is 1. The zero-order valence-corrected chi connectivity index (χ0v) is 25.6. The molecule has 1 fully saturated rings. The fraction of sp³-hybridized carbons (Fsp3) is 0.367. The summed E-state index contributed by atoms with van der Waals surface area (Å²) < 4.78 is 82.0. The van der Waals surface area contributed by atoms with E-state index in [1.807, 2.05) is 4.90 Å². The van der Waals surface area contributed by atoms with Crippen LogP contribution in [0.2, 0.25) is 10.0 Å². The fourth-order valence-electron chi connectivity index (χ4n) is 5.23. The first kappa shape index (κ1) is 31.6. The monoisotopic (exact) mass is 655 g/mol. The fourth-order valence-corrected chi connectivity index (χ4v) is 7.16. The number of benzene rings is 3. The first-order chi connectivity index (χ1) is 20.5. The van der Waals surface area contributed by atoms with E-state index < -0.39 is 33.8 Å². The molecule has 13 heteroatoms. The van der Waals surface area contributed by atoms with Crippen LogP contribution in [0.15, 0.2) is 71.7 Å². The second kappa shape index (κ2) is 13.0. The van der Waals surface area contributed by atoms with E-state index in [1.165, 1.54) is 10.4 Å². The van der Waals surface area contributed by atoms with Crippen molar-refractivity contribution >= 4 is 39.1 Å². The van der Waals surface area contributed by atoms with Gasteiger partial charge in [-0.15, -0.1) is 0 Å². The van der Waals surface area contributed by atoms with Gasteiger partial charge in [0.2, 0.25) is 10.0 Å². The number of rotatable bonds is 9. The molecule has 0 aliphatic carbocycles. The summed E-state index contributed by atoms with van der Waals surface area (Å²) in [5, 5.41) is 0.958. The lowest BCUT2D eigenvalue weighted by Crippen LogP contribution is -2.44. The summed E-state index contributed by atoms with van der Waals surface area (Å²) in [6.07, 6.45) is -4.62. The van der Waals surface area contributed by atoms with Crippen molar-refractivity contribution in [2.45, 2.75) is 25.2 Å². The van der Waals surface area contributed by atoms with Crippen LogP contribution in [-0.4, -0.2) is 68.7 Å². The van der Waals surface area contributed by atoms with Crippen LogP contribution >= 0.6 is 23.2 Å². The highest BCUT2D eigenvalue weighted by Crippen LogP contribution is 2.47. The van der Waals surface area contributed by atoms with Crippen molar-refractivity contribution in [3.05, 3.63) is 99.0 Å². The van der Waals surface area contributed by atoms with E-state index in [2.05, 4.69) is 0 Å². The van der Waals surface area contributed by atoms with Gasteiger partial charge in [0.25, 0.3) is 0 Å². The van der Waals surface area contributed by atoms with Crippen LogP contribution in [0.5, 0.6) is 5.75 Å². The van der Waals surface area contributed by atoms with Crippen molar-refractivity contribution in [2.24, 2.45) is 4.99 Å². The number of hydrogen-bond acceptors (Lipinski definition) is 6. The van der Waals surface area contributed by atoms with Gasteiger partial charge >= 0.3 is 6.18 Å². The molecule has 0 radical (unpaired) electrons. The van der Waals surface area contributed by atoms with Gasteiger partial charge in [0, 0.05) is 29.7 Å². The number of aliphatic imine (C=N–C) groups is 1. The van der Waals surface area contributed by atoms with Crippen molar-refractivity contribution in [3.63, 3.8) is 0 Å². The summed E-state index contributed by atoms with van der Waals surface area (Å²) in [6.45, 7) is 4.16. The number of ether oxygens (including phenoxy) is 2. The maximum absolute atomic E-state index is 14.4. The number of hydrogen-bond donors (Lipinski definition) is 0. The summed E-state index contributed by atoms with van der Waals surface area (Å²) in [7, 11) is -4.10. The zero-order valence-electron chi connectivity index (χ0n) is 23.2. The minimum atomic E-state index is -4.62. The topological polar surface area (TPSA) is 71.4 Å². The Morgan fingerprint density at radius 3 is 2.14 bits per heavy atom. The Kier molecular flexibility index (Phi) is 9.58. The van der Waals surface area contributed by atoms with Crippen LogP contribution in [0.25, 0.3) is 0 Å². The minimum absolute atomic E-state index is 0.000878. The molecule has 2 aliphatic heterocycles. The molecule has 2 heterocycles. The average Bonchev–Trinajstić information content (AvgIpc) is 3.39. The molecule has 1 saturated heterocycles. The van der Waals surface area contributed by atoms with Gasteiger partial charge in [0.05, 0.1) is 42.7 Å². The molecule has 0 N–H and O–H groups in total. The summed E-state index contributed by atoms with van der Waals surface area (Å²) >= 11 is 12.3. The Labute approximate surface area is 258 Å². The van der Waals surface area contributed by atoms with Gasteiger partial charge in [-0.05, 0) is 60.5 Å². The lowest BCUT2D eigenvalue weighted by atomic mass is 9.95. The molecule has 3 aromatic carbocycles. The third-order valence-electron chi connectivity index (χ3n) is 7.36. The molecule has 7 nitrogen and oxygen atoms in total. The molecule has 0 aromatic heterocycles. The molecular formula is C30H30Cl2F3N3O4S. The van der Waals surface area contributed by atoms with Crippen LogP contribution in [0.4, 0.5) is 13.2 Å². The molecule has 0 spiro atoms. The molecule has 5 rings (SSSR count). The van der Waals surface area contributed by atoms with Crippen LogP contribution in [-0.2, 0) is 20.9 Å². The van der Waals surface area contributed by atoms with Gasteiger partial charge < -0.3 is 9.47 Å². The predicted molar refractivity (Wildman–Crippen MR) is 160 cm³/mol. The number of alkyl halides is 3. The highest BCUT2D eigenvalue weighted by molar-refractivity contribution is 7.89. The van der Waals surface area contributed by atoms with Crippen molar-refractivity contribution in [3.8, 4) is 5.75 Å². The second-order valence-corrected chi connectivity index (χ2v) is 13.0. The van der Waals surface area contributed by atoms with Gasteiger partial charge in [-0.25, -0.2) is 12.7 Å². The number of halogens is 5. The van der Waals surface area contributed by atoms with Crippen molar-refractivity contribution in [1.29, 1.82) is 0 Å². The molecule has 2 atom stereocenters. The highest BCUT2D eigenvalue weighted by Gasteiger charge is 2.46. The molecule has 0 amide bonds. The van der Waals surface area contributed by atoms with Gasteiger partial charge in [-0.2, -0.15) is 13.2 Å². The van der Waals surface area contributed by atoms with E-state index in [1.54, 1.807) is 55.5 Å². The Bertz CT molecular complexity index is 1560. The number of nitrogens with zero attached hydrogens (tertiary/aromatic N) is 3. The van der Waals surface area contributed by atoms with Crippen LogP contribution in [0.3, 0.4) is 0 Å². The second-order valence-electron chi connectivity index (χ2n) is 10.2. The first-order valence-corrected chi connectivity index (χ1v) is 16.1. The molecule has 43 heavy (non-hydrogen) atoms. The summed E-state index contributed by atoms with van der Waals surface area (Å²) in [5.41, 5.74) is 0.518. The van der Waals surface area contributed by atoms with E-state index in [0.29, 0.717) is 47.5 Å². The van der Waals surface area contributed by atoms with Crippen molar-refractivity contribution in [1.82, 2.24) is 9.21 Å². The smallest absolute Gasteiger partial charge is 0.416 e. The van der Waals surface area contributed by atoms with Gasteiger partial charge in [0.15, 0.2) is 0 Å². The Morgan fingerprint density at radius 1 is 0.953 bits per heavy atom. The molecule has 230 valence electrons. The van der Waals surface area contributed by atoms with Crippen molar-refractivity contribution in [2.75, 3.05) is 45.2 Å². The molecule has 0 bridgehead atoms. The standard InChI is InChI=1S/C30H30Cl2F3N3O4S/c1-2-42-26-19-22(30(33,34)35)7-12-25(26)29-36-27(20-3-8-23(31)9-4-20)28(21-5-10-24(32)11-6-21)38(29)43(39,40)18-15-37-13-16-41-17-14-37/h3-12,19,27-28H,2,13-18H2,1H3.